The first-order chi connectivity index (χ1) is 10.4. The molecule has 0 aromatic heterocycles. The molecule has 0 saturated heterocycles. The number of aliphatic carboxylic acids is 1. The largest absolute Gasteiger partial charge is 0.501 e. The highest BCUT2D eigenvalue weighted by Gasteiger charge is 2.42. The molecule has 7 heteroatoms. The Morgan fingerprint density at radius 3 is 1.86 bits per heavy atom. The van der Waals surface area contributed by atoms with Gasteiger partial charge in [-0.05, 0) is 48.5 Å². The fourth-order valence-corrected chi connectivity index (χ4v) is 2.36. The highest BCUT2D eigenvalue weighted by molar-refractivity contribution is 7.99. The number of rotatable bonds is 6. The van der Waals surface area contributed by atoms with Gasteiger partial charge in [-0.15, -0.1) is 0 Å². The summed E-state index contributed by atoms with van der Waals surface area (Å²) < 4.78 is 35.0. The van der Waals surface area contributed by atoms with E-state index in [9.17, 15) is 13.6 Å². The summed E-state index contributed by atoms with van der Waals surface area (Å²) in [6, 6.07) is 13.1. The molecule has 4 nitrogen and oxygen atoms in total. The molecule has 0 atom stereocenters. The van der Waals surface area contributed by atoms with E-state index in [1.807, 2.05) is 24.3 Å². The van der Waals surface area contributed by atoms with Crippen molar-refractivity contribution in [1.29, 1.82) is 0 Å². The minimum atomic E-state index is -4.25. The van der Waals surface area contributed by atoms with Crippen molar-refractivity contribution in [3.8, 4) is 11.5 Å². The van der Waals surface area contributed by atoms with Crippen LogP contribution in [0.5, 0.6) is 11.5 Å². The first-order valence-electron chi connectivity index (χ1n) is 6.13. The van der Waals surface area contributed by atoms with Gasteiger partial charge in [0.2, 0.25) is 0 Å². The monoisotopic (exact) mass is 326 g/mol. The number of methoxy groups -OCH3 is 1. The summed E-state index contributed by atoms with van der Waals surface area (Å²) in [6.45, 7) is 0. The standard InChI is InChI=1S/C15H12F2O4S/c1-20-10-2-6-12(7-3-10)22-13-8-4-11(5-9-13)21-15(16,17)14(18)19/h2-9H,1H3,(H,18,19). The van der Waals surface area contributed by atoms with E-state index in [-0.39, 0.29) is 5.75 Å². The summed E-state index contributed by atoms with van der Waals surface area (Å²) in [7, 11) is 1.58. The Bertz CT molecular complexity index is 642. The number of hydrogen-bond acceptors (Lipinski definition) is 4. The predicted octanol–water partition coefficient (Wildman–Crippen LogP) is 3.90. The maximum absolute atomic E-state index is 12.9. The molecular formula is C15H12F2O4S. The molecule has 0 bridgehead atoms. The third-order valence-corrected chi connectivity index (χ3v) is 3.63. The van der Waals surface area contributed by atoms with E-state index >= 15 is 0 Å². The van der Waals surface area contributed by atoms with Gasteiger partial charge in [0, 0.05) is 9.79 Å². The second-order valence-electron chi connectivity index (χ2n) is 4.17. The van der Waals surface area contributed by atoms with Gasteiger partial charge < -0.3 is 14.6 Å². The molecule has 2 rings (SSSR count). The third-order valence-electron chi connectivity index (χ3n) is 2.61. The van der Waals surface area contributed by atoms with E-state index in [0.717, 1.165) is 15.5 Å². The highest BCUT2D eigenvalue weighted by Crippen LogP contribution is 2.31. The van der Waals surface area contributed by atoms with Gasteiger partial charge in [0.25, 0.3) is 0 Å². The van der Waals surface area contributed by atoms with E-state index < -0.39 is 12.1 Å². The Morgan fingerprint density at radius 2 is 1.45 bits per heavy atom. The van der Waals surface area contributed by atoms with Gasteiger partial charge >= 0.3 is 12.1 Å². The number of alkyl halides is 2. The Morgan fingerprint density at radius 1 is 1.00 bits per heavy atom. The molecule has 2 aromatic rings. The number of benzene rings is 2. The van der Waals surface area contributed by atoms with Crippen LogP contribution in [-0.2, 0) is 4.79 Å². The fourth-order valence-electron chi connectivity index (χ4n) is 1.55. The molecule has 0 saturated carbocycles. The first kappa shape index (κ1) is 16.1. The van der Waals surface area contributed by atoms with Crippen LogP contribution in [-0.4, -0.2) is 24.3 Å². The molecule has 2 aromatic carbocycles. The molecule has 1 N–H and O–H groups in total. The van der Waals surface area contributed by atoms with Crippen LogP contribution in [0, 0.1) is 0 Å². The lowest BCUT2D eigenvalue weighted by molar-refractivity contribution is -0.210. The van der Waals surface area contributed by atoms with Crippen molar-refractivity contribution in [2.24, 2.45) is 0 Å². The zero-order chi connectivity index (χ0) is 16.2. The summed E-state index contributed by atoms with van der Waals surface area (Å²) in [6.07, 6.45) is -4.25. The minimum absolute atomic E-state index is 0.216. The van der Waals surface area contributed by atoms with E-state index in [1.54, 1.807) is 19.2 Å². The summed E-state index contributed by atoms with van der Waals surface area (Å²) in [5, 5.41) is 8.31. The SMILES string of the molecule is COc1ccc(Sc2ccc(OC(F)(F)C(=O)O)cc2)cc1. The van der Waals surface area contributed by atoms with Gasteiger partial charge in [-0.1, -0.05) is 11.8 Å². The van der Waals surface area contributed by atoms with Crippen LogP contribution in [0.2, 0.25) is 0 Å². The first-order valence-corrected chi connectivity index (χ1v) is 6.94. The molecule has 0 amide bonds. The van der Waals surface area contributed by atoms with E-state index in [4.69, 9.17) is 9.84 Å². The minimum Gasteiger partial charge on any atom is -0.497 e. The van der Waals surface area contributed by atoms with Crippen LogP contribution in [0.1, 0.15) is 0 Å². The van der Waals surface area contributed by atoms with Crippen LogP contribution < -0.4 is 9.47 Å². The fraction of sp³-hybridized carbons (Fsp3) is 0.133. The Hall–Kier alpha value is -2.28. The molecular weight excluding hydrogens is 314 g/mol. The van der Waals surface area contributed by atoms with Crippen molar-refractivity contribution < 1.29 is 28.2 Å². The smallest absolute Gasteiger partial charge is 0.497 e. The number of carbonyl (C=O) groups is 1. The zero-order valence-corrected chi connectivity index (χ0v) is 12.3. The molecule has 0 spiro atoms. The van der Waals surface area contributed by atoms with Crippen LogP contribution in [0.3, 0.4) is 0 Å². The number of halogens is 2. The second-order valence-corrected chi connectivity index (χ2v) is 5.32. The van der Waals surface area contributed by atoms with Crippen molar-refractivity contribution in [3.63, 3.8) is 0 Å². The van der Waals surface area contributed by atoms with Crippen molar-refractivity contribution >= 4 is 17.7 Å². The Kier molecular flexibility index (Phi) is 4.87. The normalized spacial score (nSPS) is 11.0. The van der Waals surface area contributed by atoms with Gasteiger partial charge in [-0.2, -0.15) is 8.78 Å². The average Bonchev–Trinajstić information content (AvgIpc) is 2.49. The molecule has 0 heterocycles. The predicted molar refractivity (Wildman–Crippen MR) is 76.8 cm³/mol. The van der Waals surface area contributed by atoms with Crippen LogP contribution in [0.4, 0.5) is 8.78 Å². The van der Waals surface area contributed by atoms with E-state index in [0.29, 0.717) is 0 Å². The van der Waals surface area contributed by atoms with Crippen LogP contribution in [0.15, 0.2) is 58.3 Å². The summed E-state index contributed by atoms with van der Waals surface area (Å²) in [4.78, 5) is 12.0. The topological polar surface area (TPSA) is 55.8 Å². The summed E-state index contributed by atoms with van der Waals surface area (Å²) >= 11 is 1.42. The quantitative estimate of drug-likeness (QED) is 0.872. The van der Waals surface area contributed by atoms with Crippen molar-refractivity contribution in [2.45, 2.75) is 15.9 Å². The molecule has 22 heavy (non-hydrogen) atoms. The molecule has 0 unspecified atom stereocenters. The highest BCUT2D eigenvalue weighted by atomic mass is 32.2. The van der Waals surface area contributed by atoms with Crippen molar-refractivity contribution in [2.75, 3.05) is 7.11 Å². The lowest BCUT2D eigenvalue weighted by Gasteiger charge is -2.13. The van der Waals surface area contributed by atoms with Crippen molar-refractivity contribution in [1.82, 2.24) is 0 Å². The number of ether oxygens (including phenoxy) is 2. The second kappa shape index (κ2) is 6.65. The lowest BCUT2D eigenvalue weighted by atomic mass is 10.3. The molecule has 0 radical (unpaired) electrons. The molecule has 0 fully saturated rings. The van der Waals surface area contributed by atoms with Crippen LogP contribution in [0.25, 0.3) is 0 Å². The van der Waals surface area contributed by atoms with Crippen LogP contribution >= 0.6 is 11.8 Å². The number of hydrogen-bond donors (Lipinski definition) is 1. The average molecular weight is 326 g/mol. The van der Waals surface area contributed by atoms with Gasteiger partial charge in [0.15, 0.2) is 0 Å². The Balaban J connectivity index is 2.03. The van der Waals surface area contributed by atoms with E-state index in [1.165, 1.54) is 23.9 Å². The molecule has 0 aliphatic rings. The number of carboxylic acids is 1. The maximum Gasteiger partial charge on any atom is 0.501 e. The van der Waals surface area contributed by atoms with Gasteiger partial charge in [-0.3, -0.25) is 0 Å². The molecule has 0 aliphatic carbocycles. The summed E-state index contributed by atoms with van der Waals surface area (Å²) in [5.41, 5.74) is 0. The number of carboxylic acid groups (broad SMARTS) is 1. The molecule has 116 valence electrons. The van der Waals surface area contributed by atoms with Gasteiger partial charge in [0.05, 0.1) is 7.11 Å². The lowest BCUT2D eigenvalue weighted by Crippen LogP contribution is -2.34. The van der Waals surface area contributed by atoms with Gasteiger partial charge in [0.1, 0.15) is 11.5 Å². The van der Waals surface area contributed by atoms with E-state index in [2.05, 4.69) is 4.74 Å². The van der Waals surface area contributed by atoms with Crippen molar-refractivity contribution in [3.05, 3.63) is 48.5 Å². The Labute approximate surface area is 129 Å². The zero-order valence-electron chi connectivity index (χ0n) is 11.5. The van der Waals surface area contributed by atoms with Gasteiger partial charge in [-0.25, -0.2) is 4.79 Å². The third kappa shape index (κ3) is 4.11. The molecule has 0 aliphatic heterocycles. The maximum atomic E-state index is 12.9. The summed E-state index contributed by atoms with van der Waals surface area (Å²) in [5.74, 6) is -1.81.